The normalized spacial score (nSPS) is 10.9. The van der Waals surface area contributed by atoms with Gasteiger partial charge >= 0.3 is 0 Å². The summed E-state index contributed by atoms with van der Waals surface area (Å²) in [5.41, 5.74) is 2.35. The fourth-order valence-corrected chi connectivity index (χ4v) is 3.57. The van der Waals surface area contributed by atoms with Gasteiger partial charge in [0.15, 0.2) is 0 Å². The Kier molecular flexibility index (Phi) is 5.68. The van der Waals surface area contributed by atoms with Gasteiger partial charge in [0, 0.05) is 22.8 Å². The van der Waals surface area contributed by atoms with Crippen LogP contribution >= 0.6 is 34.5 Å². The standard InChI is InChI=1S/C18H16Cl2N2S/c19-15-5-1-3-13(9-15)7-8-21-12-18-22-11-17(23-18)14-4-2-6-16(20)10-14/h1-6,9-11,21H,7-8,12H2. The van der Waals surface area contributed by atoms with Crippen LogP contribution in [0.25, 0.3) is 10.4 Å². The smallest absolute Gasteiger partial charge is 0.107 e. The maximum atomic E-state index is 6.04. The summed E-state index contributed by atoms with van der Waals surface area (Å²) >= 11 is 13.7. The van der Waals surface area contributed by atoms with Crippen molar-refractivity contribution in [2.45, 2.75) is 13.0 Å². The molecule has 3 rings (SSSR count). The van der Waals surface area contributed by atoms with E-state index in [-0.39, 0.29) is 0 Å². The fourth-order valence-electron chi connectivity index (χ4n) is 2.29. The molecule has 118 valence electrons. The van der Waals surface area contributed by atoms with Crippen LogP contribution in [0.3, 0.4) is 0 Å². The van der Waals surface area contributed by atoms with Crippen molar-refractivity contribution in [3.8, 4) is 10.4 Å². The Labute approximate surface area is 150 Å². The van der Waals surface area contributed by atoms with E-state index in [0.717, 1.165) is 45.0 Å². The Morgan fingerprint density at radius 3 is 2.57 bits per heavy atom. The third kappa shape index (κ3) is 4.79. The number of hydrogen-bond donors (Lipinski definition) is 1. The van der Waals surface area contributed by atoms with Gasteiger partial charge in [-0.2, -0.15) is 0 Å². The molecule has 2 aromatic carbocycles. The Balaban J connectivity index is 1.51. The first kappa shape index (κ1) is 16.5. The molecule has 0 spiro atoms. The molecule has 0 aliphatic rings. The Morgan fingerprint density at radius 2 is 1.78 bits per heavy atom. The highest BCUT2D eigenvalue weighted by Gasteiger charge is 2.05. The lowest BCUT2D eigenvalue weighted by molar-refractivity contribution is 0.684. The van der Waals surface area contributed by atoms with Crippen molar-refractivity contribution in [2.24, 2.45) is 0 Å². The maximum absolute atomic E-state index is 6.04. The lowest BCUT2D eigenvalue weighted by atomic mass is 10.1. The summed E-state index contributed by atoms with van der Waals surface area (Å²) in [4.78, 5) is 5.61. The molecule has 0 amide bonds. The van der Waals surface area contributed by atoms with Gasteiger partial charge in [-0.1, -0.05) is 47.5 Å². The lowest BCUT2D eigenvalue weighted by Crippen LogP contribution is -2.16. The van der Waals surface area contributed by atoms with Gasteiger partial charge in [-0.25, -0.2) is 4.98 Å². The highest BCUT2D eigenvalue weighted by atomic mass is 35.5. The zero-order valence-electron chi connectivity index (χ0n) is 12.4. The van der Waals surface area contributed by atoms with E-state index in [1.807, 2.05) is 42.6 Å². The largest absolute Gasteiger partial charge is 0.310 e. The number of halogens is 2. The zero-order valence-corrected chi connectivity index (χ0v) is 14.8. The van der Waals surface area contributed by atoms with Gasteiger partial charge in [-0.05, 0) is 48.4 Å². The van der Waals surface area contributed by atoms with Crippen LogP contribution in [0, 0.1) is 0 Å². The van der Waals surface area contributed by atoms with Crippen LogP contribution < -0.4 is 5.32 Å². The number of thiazole rings is 1. The first-order chi connectivity index (χ1) is 11.2. The van der Waals surface area contributed by atoms with Gasteiger partial charge in [-0.15, -0.1) is 11.3 Å². The number of hydrogen-bond acceptors (Lipinski definition) is 3. The highest BCUT2D eigenvalue weighted by molar-refractivity contribution is 7.15. The molecule has 0 bridgehead atoms. The summed E-state index contributed by atoms with van der Waals surface area (Å²) in [5, 5.41) is 6.03. The molecule has 5 heteroatoms. The molecule has 1 aromatic heterocycles. The van der Waals surface area contributed by atoms with Gasteiger partial charge < -0.3 is 5.32 Å². The van der Waals surface area contributed by atoms with E-state index < -0.39 is 0 Å². The van der Waals surface area contributed by atoms with E-state index in [1.165, 1.54) is 5.56 Å². The molecule has 0 aliphatic carbocycles. The van der Waals surface area contributed by atoms with Gasteiger partial charge in [0.05, 0.1) is 4.88 Å². The SMILES string of the molecule is Clc1cccc(CCNCc2ncc(-c3cccc(Cl)c3)s2)c1. The summed E-state index contributed by atoms with van der Waals surface area (Å²) < 4.78 is 0. The average Bonchev–Trinajstić information content (AvgIpc) is 3.01. The van der Waals surface area contributed by atoms with Crippen LogP contribution in [0.2, 0.25) is 10.0 Å². The van der Waals surface area contributed by atoms with Crippen LogP contribution in [-0.2, 0) is 13.0 Å². The zero-order chi connectivity index (χ0) is 16.1. The van der Waals surface area contributed by atoms with E-state index in [9.17, 15) is 0 Å². The predicted octanol–water partition coefficient (Wildman–Crippen LogP) is 5.45. The number of aromatic nitrogens is 1. The van der Waals surface area contributed by atoms with E-state index in [1.54, 1.807) is 11.3 Å². The molecule has 3 aromatic rings. The molecule has 0 saturated heterocycles. The van der Waals surface area contributed by atoms with Gasteiger partial charge in [0.25, 0.3) is 0 Å². The monoisotopic (exact) mass is 362 g/mol. The number of nitrogens with one attached hydrogen (secondary N) is 1. The number of benzene rings is 2. The second-order valence-corrected chi connectivity index (χ2v) is 7.17. The Morgan fingerprint density at radius 1 is 1.00 bits per heavy atom. The minimum atomic E-state index is 0.747. The van der Waals surface area contributed by atoms with E-state index in [2.05, 4.69) is 22.4 Å². The van der Waals surface area contributed by atoms with Gasteiger partial charge in [0.1, 0.15) is 5.01 Å². The van der Waals surface area contributed by atoms with Crippen molar-refractivity contribution in [1.29, 1.82) is 0 Å². The van der Waals surface area contributed by atoms with Crippen molar-refractivity contribution < 1.29 is 0 Å². The minimum Gasteiger partial charge on any atom is -0.310 e. The number of nitrogens with zero attached hydrogens (tertiary/aromatic N) is 1. The summed E-state index contributed by atoms with van der Waals surface area (Å²) in [6.07, 6.45) is 2.86. The van der Waals surface area contributed by atoms with Crippen LogP contribution in [0.5, 0.6) is 0 Å². The third-order valence-electron chi connectivity index (χ3n) is 3.42. The molecular formula is C18H16Cl2N2S. The van der Waals surface area contributed by atoms with Crippen LogP contribution in [0.15, 0.2) is 54.7 Å². The topological polar surface area (TPSA) is 24.9 Å². The van der Waals surface area contributed by atoms with E-state index >= 15 is 0 Å². The molecule has 2 nitrogen and oxygen atoms in total. The van der Waals surface area contributed by atoms with Gasteiger partial charge in [-0.3, -0.25) is 0 Å². The highest BCUT2D eigenvalue weighted by Crippen LogP contribution is 2.27. The maximum Gasteiger partial charge on any atom is 0.107 e. The first-order valence-corrected chi connectivity index (χ1v) is 8.94. The summed E-state index contributed by atoms with van der Waals surface area (Å²) in [7, 11) is 0. The van der Waals surface area contributed by atoms with Crippen LogP contribution in [-0.4, -0.2) is 11.5 Å². The van der Waals surface area contributed by atoms with Crippen molar-refractivity contribution in [2.75, 3.05) is 6.54 Å². The summed E-state index contributed by atoms with van der Waals surface area (Å²) in [5.74, 6) is 0. The lowest BCUT2D eigenvalue weighted by Gasteiger charge is -2.03. The predicted molar refractivity (Wildman–Crippen MR) is 99.4 cm³/mol. The Bertz CT molecular complexity index is 786. The molecular weight excluding hydrogens is 347 g/mol. The van der Waals surface area contributed by atoms with E-state index in [0.29, 0.717) is 0 Å². The van der Waals surface area contributed by atoms with Crippen molar-refractivity contribution in [3.63, 3.8) is 0 Å². The van der Waals surface area contributed by atoms with Crippen molar-refractivity contribution >= 4 is 34.5 Å². The first-order valence-electron chi connectivity index (χ1n) is 7.36. The molecule has 23 heavy (non-hydrogen) atoms. The van der Waals surface area contributed by atoms with Crippen LogP contribution in [0.1, 0.15) is 10.6 Å². The number of rotatable bonds is 6. The van der Waals surface area contributed by atoms with Crippen LogP contribution in [0.4, 0.5) is 0 Å². The third-order valence-corrected chi connectivity index (χ3v) is 4.93. The fraction of sp³-hybridized carbons (Fsp3) is 0.167. The van der Waals surface area contributed by atoms with Crippen molar-refractivity contribution in [3.05, 3.63) is 75.3 Å². The second-order valence-electron chi connectivity index (χ2n) is 5.19. The van der Waals surface area contributed by atoms with Gasteiger partial charge in [0.2, 0.25) is 0 Å². The second kappa shape index (κ2) is 7.93. The molecule has 1 heterocycles. The average molecular weight is 363 g/mol. The Hall–Kier alpha value is -1.39. The quantitative estimate of drug-likeness (QED) is 0.589. The minimum absolute atomic E-state index is 0.747. The molecule has 0 aliphatic heterocycles. The molecule has 0 saturated carbocycles. The molecule has 0 atom stereocenters. The van der Waals surface area contributed by atoms with E-state index in [4.69, 9.17) is 23.2 Å². The summed E-state index contributed by atoms with van der Waals surface area (Å²) in [6, 6.07) is 15.8. The van der Waals surface area contributed by atoms with Crippen molar-refractivity contribution in [1.82, 2.24) is 10.3 Å². The molecule has 1 N–H and O–H groups in total. The molecule has 0 unspecified atom stereocenters. The molecule has 0 radical (unpaired) electrons. The molecule has 0 fully saturated rings. The summed E-state index contributed by atoms with van der Waals surface area (Å²) in [6.45, 7) is 1.66.